The third kappa shape index (κ3) is 4.25. The summed E-state index contributed by atoms with van der Waals surface area (Å²) in [5, 5.41) is 3.41. The first kappa shape index (κ1) is 14.4. The van der Waals surface area contributed by atoms with Gasteiger partial charge in [0.25, 0.3) is 0 Å². The van der Waals surface area contributed by atoms with Gasteiger partial charge in [-0.15, -0.1) is 6.58 Å². The minimum absolute atomic E-state index is 0.0937. The fourth-order valence-electron chi connectivity index (χ4n) is 2.11. The number of nitrogens with two attached hydrogens (primary N) is 1. The number of nitrogens with one attached hydrogen (secondary N) is 1. The maximum Gasteiger partial charge on any atom is 0.0400 e. The van der Waals surface area contributed by atoms with E-state index in [0.717, 1.165) is 25.1 Å². The molecule has 2 rings (SSSR count). The van der Waals surface area contributed by atoms with Crippen LogP contribution in [0.1, 0.15) is 30.0 Å². The van der Waals surface area contributed by atoms with Crippen molar-refractivity contribution in [2.24, 2.45) is 5.73 Å². The minimum atomic E-state index is 0.0937. The van der Waals surface area contributed by atoms with E-state index in [-0.39, 0.29) is 6.04 Å². The molecular formula is C18H22N2. The van der Waals surface area contributed by atoms with Gasteiger partial charge in [-0.05, 0) is 36.1 Å². The van der Waals surface area contributed by atoms with Gasteiger partial charge in [-0.1, -0.05) is 48.5 Å². The summed E-state index contributed by atoms with van der Waals surface area (Å²) in [4.78, 5) is 0. The fraction of sp³-hybridized carbons (Fsp3) is 0.222. The third-order valence-corrected chi connectivity index (χ3v) is 3.36. The summed E-state index contributed by atoms with van der Waals surface area (Å²) in [5.74, 6) is 0. The molecule has 0 saturated heterocycles. The number of hydrogen-bond donors (Lipinski definition) is 2. The monoisotopic (exact) mass is 266 g/mol. The molecule has 2 aromatic carbocycles. The molecule has 0 spiro atoms. The van der Waals surface area contributed by atoms with E-state index in [1.54, 1.807) is 0 Å². The predicted molar refractivity (Wildman–Crippen MR) is 86.6 cm³/mol. The SMILES string of the molecule is C=CCC[C@H](N)c1ccc(NCc2ccccc2)cc1. The molecule has 2 heteroatoms. The molecule has 0 fully saturated rings. The van der Waals surface area contributed by atoms with Crippen molar-refractivity contribution in [2.75, 3.05) is 5.32 Å². The first-order valence-electron chi connectivity index (χ1n) is 7.04. The van der Waals surface area contributed by atoms with Gasteiger partial charge in [-0.2, -0.15) is 0 Å². The first-order valence-corrected chi connectivity index (χ1v) is 7.04. The van der Waals surface area contributed by atoms with Crippen LogP contribution in [-0.2, 0) is 6.54 Å². The molecule has 0 amide bonds. The van der Waals surface area contributed by atoms with Gasteiger partial charge in [0, 0.05) is 18.3 Å². The molecule has 0 heterocycles. The van der Waals surface area contributed by atoms with E-state index in [1.807, 2.05) is 12.1 Å². The maximum atomic E-state index is 6.13. The van der Waals surface area contributed by atoms with Gasteiger partial charge < -0.3 is 11.1 Å². The van der Waals surface area contributed by atoms with Gasteiger partial charge in [0.1, 0.15) is 0 Å². The molecule has 3 N–H and O–H groups in total. The molecule has 0 aliphatic rings. The molecule has 0 aliphatic carbocycles. The highest BCUT2D eigenvalue weighted by atomic mass is 14.9. The number of allylic oxidation sites excluding steroid dienone is 1. The van der Waals surface area contributed by atoms with Crippen molar-refractivity contribution >= 4 is 5.69 Å². The van der Waals surface area contributed by atoms with Gasteiger partial charge in [-0.3, -0.25) is 0 Å². The first-order chi connectivity index (χ1) is 9.79. The molecular weight excluding hydrogens is 244 g/mol. The second kappa shape index (κ2) is 7.51. The van der Waals surface area contributed by atoms with Crippen LogP contribution in [0, 0.1) is 0 Å². The Kier molecular flexibility index (Phi) is 5.39. The van der Waals surface area contributed by atoms with Gasteiger partial charge in [0.2, 0.25) is 0 Å². The molecule has 20 heavy (non-hydrogen) atoms. The van der Waals surface area contributed by atoms with Gasteiger partial charge in [-0.25, -0.2) is 0 Å². The van der Waals surface area contributed by atoms with Crippen LogP contribution in [0.3, 0.4) is 0 Å². The van der Waals surface area contributed by atoms with E-state index in [4.69, 9.17) is 5.73 Å². The second-order valence-corrected chi connectivity index (χ2v) is 4.93. The van der Waals surface area contributed by atoms with Crippen molar-refractivity contribution < 1.29 is 0 Å². The molecule has 0 aromatic heterocycles. The Morgan fingerprint density at radius 2 is 1.75 bits per heavy atom. The summed E-state index contributed by atoms with van der Waals surface area (Å²) in [7, 11) is 0. The minimum Gasteiger partial charge on any atom is -0.381 e. The lowest BCUT2D eigenvalue weighted by molar-refractivity contribution is 0.661. The Labute approximate surface area is 121 Å². The summed E-state index contributed by atoms with van der Waals surface area (Å²) < 4.78 is 0. The average Bonchev–Trinajstić information content (AvgIpc) is 2.52. The Bertz CT molecular complexity index is 517. The van der Waals surface area contributed by atoms with Crippen LogP contribution in [0.5, 0.6) is 0 Å². The van der Waals surface area contributed by atoms with Gasteiger partial charge >= 0.3 is 0 Å². The van der Waals surface area contributed by atoms with Crippen molar-refractivity contribution in [3.05, 3.63) is 78.4 Å². The number of benzene rings is 2. The van der Waals surface area contributed by atoms with Crippen molar-refractivity contribution in [1.82, 2.24) is 0 Å². The molecule has 0 bridgehead atoms. The van der Waals surface area contributed by atoms with Crippen molar-refractivity contribution in [1.29, 1.82) is 0 Å². The Morgan fingerprint density at radius 1 is 1.05 bits per heavy atom. The van der Waals surface area contributed by atoms with Gasteiger partial charge in [0.05, 0.1) is 0 Å². The van der Waals surface area contributed by atoms with E-state index >= 15 is 0 Å². The van der Waals surface area contributed by atoms with Crippen molar-refractivity contribution in [3.8, 4) is 0 Å². The molecule has 2 aromatic rings. The van der Waals surface area contributed by atoms with Crippen LogP contribution in [0.15, 0.2) is 67.3 Å². The summed E-state index contributed by atoms with van der Waals surface area (Å²) in [5.41, 5.74) is 9.70. The maximum absolute atomic E-state index is 6.13. The zero-order chi connectivity index (χ0) is 14.2. The van der Waals surface area contributed by atoms with E-state index in [9.17, 15) is 0 Å². The lowest BCUT2D eigenvalue weighted by Gasteiger charge is -2.12. The lowest BCUT2D eigenvalue weighted by Crippen LogP contribution is -2.09. The van der Waals surface area contributed by atoms with Crippen molar-refractivity contribution in [2.45, 2.75) is 25.4 Å². The third-order valence-electron chi connectivity index (χ3n) is 3.36. The molecule has 0 saturated carbocycles. The zero-order valence-electron chi connectivity index (χ0n) is 11.8. The van der Waals surface area contributed by atoms with Crippen LogP contribution in [0.4, 0.5) is 5.69 Å². The fourth-order valence-corrected chi connectivity index (χ4v) is 2.11. The van der Waals surface area contributed by atoms with E-state index < -0.39 is 0 Å². The smallest absolute Gasteiger partial charge is 0.0400 e. The van der Waals surface area contributed by atoms with Gasteiger partial charge in [0.15, 0.2) is 0 Å². The van der Waals surface area contributed by atoms with Crippen LogP contribution < -0.4 is 11.1 Å². The van der Waals surface area contributed by atoms with Crippen LogP contribution in [-0.4, -0.2) is 0 Å². The van der Waals surface area contributed by atoms with Crippen LogP contribution in [0.2, 0.25) is 0 Å². The van der Waals surface area contributed by atoms with Crippen LogP contribution >= 0.6 is 0 Å². The number of rotatable bonds is 7. The average molecular weight is 266 g/mol. The van der Waals surface area contributed by atoms with E-state index in [1.165, 1.54) is 11.1 Å². The summed E-state index contributed by atoms with van der Waals surface area (Å²) >= 11 is 0. The zero-order valence-corrected chi connectivity index (χ0v) is 11.8. The quantitative estimate of drug-likeness (QED) is 0.735. The number of anilines is 1. The summed E-state index contributed by atoms with van der Waals surface area (Å²) in [6, 6.07) is 18.8. The highest BCUT2D eigenvalue weighted by Crippen LogP contribution is 2.19. The number of hydrogen-bond acceptors (Lipinski definition) is 2. The Hall–Kier alpha value is -2.06. The normalized spacial score (nSPS) is 11.8. The lowest BCUT2D eigenvalue weighted by atomic mass is 10.0. The molecule has 0 radical (unpaired) electrons. The molecule has 1 atom stereocenters. The van der Waals surface area contributed by atoms with Crippen LogP contribution in [0.25, 0.3) is 0 Å². The van der Waals surface area contributed by atoms with Crippen molar-refractivity contribution in [3.63, 3.8) is 0 Å². The molecule has 2 nitrogen and oxygen atoms in total. The largest absolute Gasteiger partial charge is 0.381 e. The molecule has 0 unspecified atom stereocenters. The Morgan fingerprint density at radius 3 is 2.40 bits per heavy atom. The molecule has 0 aliphatic heterocycles. The van der Waals surface area contributed by atoms with E-state index in [0.29, 0.717) is 0 Å². The highest BCUT2D eigenvalue weighted by Gasteiger charge is 2.04. The highest BCUT2D eigenvalue weighted by molar-refractivity contribution is 5.45. The second-order valence-electron chi connectivity index (χ2n) is 4.93. The molecule has 104 valence electrons. The summed E-state index contributed by atoms with van der Waals surface area (Å²) in [6.45, 7) is 4.56. The predicted octanol–water partition coefficient (Wildman–Crippen LogP) is 4.26. The Balaban J connectivity index is 1.89. The summed E-state index contributed by atoms with van der Waals surface area (Å²) in [6.07, 6.45) is 3.81. The van der Waals surface area contributed by atoms with E-state index in [2.05, 4.69) is 60.4 Å². The topological polar surface area (TPSA) is 38.0 Å². The standard InChI is InChI=1S/C18H22N2/c1-2-3-9-18(19)16-10-12-17(13-11-16)20-14-15-7-5-4-6-8-15/h2,4-8,10-13,18,20H,1,3,9,14,19H2/t18-/m0/s1.